The van der Waals surface area contributed by atoms with Gasteiger partial charge in [-0.15, -0.1) is 0 Å². The zero-order valence-electron chi connectivity index (χ0n) is 13.8. The average molecular weight is 353 g/mol. The molecule has 0 amide bonds. The molecule has 0 aliphatic rings. The van der Waals surface area contributed by atoms with Gasteiger partial charge in [-0.05, 0) is 47.2 Å². The third-order valence-electron chi connectivity index (χ3n) is 3.52. The van der Waals surface area contributed by atoms with Gasteiger partial charge in [-0.2, -0.15) is 0 Å². The van der Waals surface area contributed by atoms with E-state index in [9.17, 15) is 4.57 Å². The van der Waals surface area contributed by atoms with Crippen molar-refractivity contribution in [3.63, 3.8) is 0 Å². The van der Waals surface area contributed by atoms with Crippen LogP contribution in [0.15, 0.2) is 48.5 Å². The molecule has 0 saturated heterocycles. The van der Waals surface area contributed by atoms with E-state index >= 15 is 0 Å². The van der Waals surface area contributed by atoms with Crippen molar-refractivity contribution < 1.29 is 13.6 Å². The topological polar surface area (TPSA) is 35.5 Å². The summed E-state index contributed by atoms with van der Waals surface area (Å²) < 4.78 is 22.9. The van der Waals surface area contributed by atoms with Crippen LogP contribution in [0.4, 0.5) is 0 Å². The normalized spacial score (nSPS) is 11.8. The van der Waals surface area contributed by atoms with Gasteiger partial charge < -0.3 is 9.05 Å². The summed E-state index contributed by atoms with van der Waals surface area (Å²) in [4.78, 5) is 0. The molecule has 0 saturated carbocycles. The van der Waals surface area contributed by atoms with Crippen LogP contribution in [0.5, 0.6) is 11.5 Å². The highest BCUT2D eigenvalue weighted by atomic mass is 35.7. The van der Waals surface area contributed by atoms with Crippen molar-refractivity contribution in [2.45, 2.75) is 39.5 Å². The van der Waals surface area contributed by atoms with E-state index in [0.717, 1.165) is 0 Å². The Hall–Kier alpha value is -1.44. The Bertz CT molecular complexity index is 621. The third-order valence-corrected chi connectivity index (χ3v) is 4.79. The van der Waals surface area contributed by atoms with Crippen LogP contribution in [0.25, 0.3) is 0 Å². The van der Waals surface area contributed by atoms with Crippen LogP contribution in [-0.2, 0) is 4.57 Å². The molecule has 0 fully saturated rings. The lowest BCUT2D eigenvalue weighted by atomic mass is 10.0. The molecule has 5 heteroatoms. The van der Waals surface area contributed by atoms with Crippen LogP contribution >= 0.6 is 18.2 Å². The van der Waals surface area contributed by atoms with Gasteiger partial charge in [0.15, 0.2) is 0 Å². The van der Waals surface area contributed by atoms with Crippen LogP contribution in [0.3, 0.4) is 0 Å². The summed E-state index contributed by atoms with van der Waals surface area (Å²) in [5.74, 6) is 1.68. The van der Waals surface area contributed by atoms with E-state index in [-0.39, 0.29) is 0 Å². The second-order valence-electron chi connectivity index (χ2n) is 6.06. The number of benzene rings is 2. The SMILES string of the molecule is CC(C)c1ccc(OP(=O)(Cl)Oc2ccc(C(C)C)cc2)cc1. The maximum Gasteiger partial charge on any atom is 0.530 e. The van der Waals surface area contributed by atoms with Crippen molar-refractivity contribution in [3.8, 4) is 11.5 Å². The smallest absolute Gasteiger partial charge is 0.405 e. The number of rotatable bonds is 6. The Morgan fingerprint density at radius 1 is 0.739 bits per heavy atom. The second kappa shape index (κ2) is 7.42. The summed E-state index contributed by atoms with van der Waals surface area (Å²) in [6.45, 7) is 4.67. The highest BCUT2D eigenvalue weighted by Crippen LogP contribution is 2.53. The van der Waals surface area contributed by atoms with Crippen LogP contribution in [0.2, 0.25) is 0 Å². The minimum absolute atomic E-state index is 0.419. The molecule has 2 aromatic rings. The van der Waals surface area contributed by atoms with E-state index in [2.05, 4.69) is 27.7 Å². The summed E-state index contributed by atoms with van der Waals surface area (Å²) in [5.41, 5.74) is 2.35. The molecule has 0 spiro atoms. The van der Waals surface area contributed by atoms with E-state index < -0.39 is 6.95 Å². The summed E-state index contributed by atoms with van der Waals surface area (Å²) in [6.07, 6.45) is 0. The Labute approximate surface area is 142 Å². The largest absolute Gasteiger partial charge is 0.530 e. The molecule has 124 valence electrons. The summed E-state index contributed by atoms with van der Waals surface area (Å²) in [5, 5.41) is 0. The van der Waals surface area contributed by atoms with Gasteiger partial charge in [-0.1, -0.05) is 52.0 Å². The van der Waals surface area contributed by atoms with Crippen LogP contribution in [-0.4, -0.2) is 0 Å². The molecular weight excluding hydrogens is 331 g/mol. The quantitative estimate of drug-likeness (QED) is 0.540. The third kappa shape index (κ3) is 5.30. The molecule has 23 heavy (non-hydrogen) atoms. The monoisotopic (exact) mass is 352 g/mol. The van der Waals surface area contributed by atoms with E-state index in [1.165, 1.54) is 11.1 Å². The van der Waals surface area contributed by atoms with Gasteiger partial charge in [0.05, 0.1) is 0 Å². The number of halogens is 1. The molecule has 0 aromatic heterocycles. The van der Waals surface area contributed by atoms with Crippen LogP contribution < -0.4 is 9.05 Å². The first-order valence-corrected chi connectivity index (χ1v) is 10.1. The Kier molecular flexibility index (Phi) is 5.78. The van der Waals surface area contributed by atoms with Gasteiger partial charge in [0.2, 0.25) is 0 Å². The minimum atomic E-state index is -3.74. The molecule has 0 unspecified atom stereocenters. The zero-order chi connectivity index (χ0) is 17.0. The Morgan fingerprint density at radius 3 is 1.30 bits per heavy atom. The van der Waals surface area contributed by atoms with Crippen molar-refractivity contribution in [2.75, 3.05) is 0 Å². The lowest BCUT2D eigenvalue weighted by Crippen LogP contribution is -1.96. The standard InChI is InChI=1S/C18H22ClO3P/c1-13(2)15-5-9-17(10-6-15)21-23(19,20)22-18-11-7-16(8-12-18)14(3)4/h5-14H,1-4H3. The van der Waals surface area contributed by atoms with E-state index in [0.29, 0.717) is 23.3 Å². The predicted molar refractivity (Wildman–Crippen MR) is 95.8 cm³/mol. The fourth-order valence-corrected chi connectivity index (χ4v) is 3.36. The molecule has 2 rings (SSSR count). The molecule has 0 heterocycles. The first-order valence-electron chi connectivity index (χ1n) is 7.65. The molecule has 0 aliphatic heterocycles. The molecule has 0 N–H and O–H groups in total. The fourth-order valence-electron chi connectivity index (χ4n) is 2.10. The second-order valence-corrected chi connectivity index (χ2v) is 8.53. The Morgan fingerprint density at radius 2 is 1.04 bits per heavy atom. The van der Waals surface area contributed by atoms with Gasteiger partial charge in [0, 0.05) is 11.2 Å². The molecule has 2 aromatic carbocycles. The molecular formula is C18H22ClO3P. The summed E-state index contributed by atoms with van der Waals surface area (Å²) in [6, 6.07) is 14.7. The van der Waals surface area contributed by atoms with Crippen molar-refractivity contribution in [1.82, 2.24) is 0 Å². The molecule has 0 atom stereocenters. The lowest BCUT2D eigenvalue weighted by molar-refractivity contribution is 0.406. The van der Waals surface area contributed by atoms with Crippen molar-refractivity contribution in [3.05, 3.63) is 59.7 Å². The van der Waals surface area contributed by atoms with E-state index in [4.69, 9.17) is 20.3 Å². The maximum atomic E-state index is 12.3. The molecule has 0 radical (unpaired) electrons. The fraction of sp³-hybridized carbons (Fsp3) is 0.333. The van der Waals surface area contributed by atoms with Gasteiger partial charge in [-0.25, -0.2) is 4.57 Å². The molecule has 0 aliphatic carbocycles. The lowest BCUT2D eigenvalue weighted by Gasteiger charge is -2.15. The predicted octanol–water partition coefficient (Wildman–Crippen LogP) is 6.74. The molecule has 0 bridgehead atoms. The number of hydrogen-bond acceptors (Lipinski definition) is 3. The highest BCUT2D eigenvalue weighted by Gasteiger charge is 2.24. The first-order chi connectivity index (χ1) is 10.8. The average Bonchev–Trinajstić information content (AvgIpc) is 2.47. The molecule has 3 nitrogen and oxygen atoms in total. The van der Waals surface area contributed by atoms with Crippen molar-refractivity contribution in [1.29, 1.82) is 0 Å². The van der Waals surface area contributed by atoms with Crippen LogP contribution in [0.1, 0.15) is 50.7 Å². The van der Waals surface area contributed by atoms with Gasteiger partial charge in [-0.3, -0.25) is 0 Å². The van der Waals surface area contributed by atoms with Gasteiger partial charge in [0.25, 0.3) is 0 Å². The number of hydrogen-bond donors (Lipinski definition) is 0. The summed E-state index contributed by atoms with van der Waals surface area (Å²) in [7, 11) is 0. The zero-order valence-corrected chi connectivity index (χ0v) is 15.5. The van der Waals surface area contributed by atoms with E-state index in [1.54, 1.807) is 24.3 Å². The minimum Gasteiger partial charge on any atom is -0.405 e. The first kappa shape index (κ1) is 17.9. The maximum absolute atomic E-state index is 12.3. The summed E-state index contributed by atoms with van der Waals surface area (Å²) >= 11 is 5.92. The van der Waals surface area contributed by atoms with Crippen molar-refractivity contribution in [2.24, 2.45) is 0 Å². The van der Waals surface area contributed by atoms with Crippen LogP contribution in [0, 0.1) is 0 Å². The van der Waals surface area contributed by atoms with Gasteiger partial charge >= 0.3 is 6.95 Å². The van der Waals surface area contributed by atoms with Crippen molar-refractivity contribution >= 4 is 18.2 Å². The highest BCUT2D eigenvalue weighted by molar-refractivity contribution is 7.82. The Balaban J connectivity index is 2.05. The van der Waals surface area contributed by atoms with Gasteiger partial charge in [0.1, 0.15) is 11.5 Å². The van der Waals surface area contributed by atoms with E-state index in [1.807, 2.05) is 24.3 Å².